The van der Waals surface area contributed by atoms with Gasteiger partial charge in [-0.3, -0.25) is 4.99 Å². The van der Waals surface area contributed by atoms with Gasteiger partial charge < -0.3 is 15.4 Å². The molecule has 1 rings (SSSR count). The van der Waals surface area contributed by atoms with Crippen LogP contribution in [-0.2, 0) is 0 Å². The molecule has 0 saturated heterocycles. The van der Waals surface area contributed by atoms with Crippen LogP contribution in [0.4, 0.5) is 0 Å². The van der Waals surface area contributed by atoms with E-state index in [-0.39, 0.29) is 6.10 Å². The molecule has 0 aliphatic carbocycles. The maximum atomic E-state index is 9.20. The van der Waals surface area contributed by atoms with Crippen LogP contribution in [0.2, 0.25) is 0 Å². The Morgan fingerprint density at radius 2 is 2.35 bits per heavy atom. The summed E-state index contributed by atoms with van der Waals surface area (Å²) in [5.41, 5.74) is 0.930. The van der Waals surface area contributed by atoms with Crippen molar-refractivity contribution in [2.24, 2.45) is 4.99 Å². The molecule has 2 atom stereocenters. The van der Waals surface area contributed by atoms with Gasteiger partial charge in [0, 0.05) is 18.8 Å². The van der Waals surface area contributed by atoms with Crippen molar-refractivity contribution >= 4 is 6.21 Å². The van der Waals surface area contributed by atoms with E-state index in [1.807, 2.05) is 6.92 Å². The van der Waals surface area contributed by atoms with Gasteiger partial charge in [0.05, 0.1) is 24.5 Å². The maximum Gasteiger partial charge on any atom is 0.103 e. The van der Waals surface area contributed by atoms with Gasteiger partial charge >= 0.3 is 0 Å². The number of rotatable bonds is 7. The Bertz CT molecular complexity index is 346. The number of aromatic nitrogens is 2. The number of nitrogens with zero attached hydrogens (tertiary/aromatic N) is 2. The molecule has 3 N–H and O–H groups in total. The molecule has 0 amide bonds. The zero-order valence-corrected chi connectivity index (χ0v) is 10.8. The number of aliphatic imine (C=N–C) groups is 1. The number of aliphatic hydroxyl groups excluding tert-OH is 1. The molecule has 0 saturated carbocycles. The van der Waals surface area contributed by atoms with Gasteiger partial charge in [-0.15, -0.1) is 0 Å². The highest BCUT2D eigenvalue weighted by Crippen LogP contribution is 1.95. The number of hydrogen-bond acceptors (Lipinski definition) is 4. The first-order chi connectivity index (χ1) is 8.08. The third-order valence-corrected chi connectivity index (χ3v) is 2.38. The quantitative estimate of drug-likeness (QED) is 0.488. The Labute approximate surface area is 102 Å². The highest BCUT2D eigenvalue weighted by molar-refractivity contribution is 5.76. The Hall–Kier alpha value is -1.20. The van der Waals surface area contributed by atoms with Crippen LogP contribution in [0.3, 0.4) is 0 Å². The summed E-state index contributed by atoms with van der Waals surface area (Å²) in [5.74, 6) is 0.898. The summed E-state index contributed by atoms with van der Waals surface area (Å²) in [5, 5.41) is 12.5. The highest BCUT2D eigenvalue weighted by atomic mass is 16.3. The lowest BCUT2D eigenvalue weighted by Crippen LogP contribution is -2.31. The fourth-order valence-electron chi connectivity index (χ4n) is 1.64. The minimum Gasteiger partial charge on any atom is -0.393 e. The monoisotopic (exact) mass is 238 g/mol. The first kappa shape index (κ1) is 13.9. The van der Waals surface area contributed by atoms with Crippen LogP contribution in [0, 0.1) is 6.92 Å². The van der Waals surface area contributed by atoms with Crippen LogP contribution in [0.1, 0.15) is 31.8 Å². The van der Waals surface area contributed by atoms with Crippen molar-refractivity contribution in [2.75, 3.05) is 13.1 Å². The van der Waals surface area contributed by atoms with Crippen LogP contribution in [0.15, 0.2) is 11.2 Å². The second kappa shape index (κ2) is 7.19. The van der Waals surface area contributed by atoms with Gasteiger partial charge in [0.25, 0.3) is 0 Å². The number of hydrogen-bond donors (Lipinski definition) is 3. The summed E-state index contributed by atoms with van der Waals surface area (Å²) in [7, 11) is 0. The minimum atomic E-state index is -0.256. The van der Waals surface area contributed by atoms with Crippen molar-refractivity contribution in [3.8, 4) is 0 Å². The summed E-state index contributed by atoms with van der Waals surface area (Å²) < 4.78 is 0. The van der Waals surface area contributed by atoms with E-state index in [0.29, 0.717) is 6.04 Å². The predicted octanol–water partition coefficient (Wildman–Crippen LogP) is 0.886. The van der Waals surface area contributed by atoms with E-state index in [0.717, 1.165) is 31.0 Å². The molecule has 0 radical (unpaired) electrons. The molecular formula is C12H22N4O. The van der Waals surface area contributed by atoms with Crippen LogP contribution >= 0.6 is 0 Å². The first-order valence-corrected chi connectivity index (χ1v) is 6.01. The lowest BCUT2D eigenvalue weighted by molar-refractivity contribution is 0.171. The average molecular weight is 238 g/mol. The predicted molar refractivity (Wildman–Crippen MR) is 69.5 cm³/mol. The molecule has 1 aromatic heterocycles. The summed E-state index contributed by atoms with van der Waals surface area (Å²) in [6, 6.07) is 0.319. The third kappa shape index (κ3) is 6.19. The van der Waals surface area contributed by atoms with Crippen LogP contribution < -0.4 is 5.32 Å². The second-order valence-electron chi connectivity index (χ2n) is 4.40. The van der Waals surface area contributed by atoms with E-state index >= 15 is 0 Å². The van der Waals surface area contributed by atoms with Crippen molar-refractivity contribution in [1.82, 2.24) is 15.3 Å². The van der Waals surface area contributed by atoms with Crippen molar-refractivity contribution < 1.29 is 5.11 Å². The van der Waals surface area contributed by atoms with E-state index in [4.69, 9.17) is 0 Å². The molecule has 0 fully saturated rings. The molecule has 96 valence electrons. The highest BCUT2D eigenvalue weighted by Gasteiger charge is 2.03. The largest absolute Gasteiger partial charge is 0.393 e. The van der Waals surface area contributed by atoms with Gasteiger partial charge in [0.1, 0.15) is 5.82 Å². The van der Waals surface area contributed by atoms with E-state index < -0.39 is 0 Å². The topological polar surface area (TPSA) is 73.3 Å². The number of H-pyrrole nitrogens is 1. The normalized spacial score (nSPS) is 15.3. The Balaban J connectivity index is 2.13. The summed E-state index contributed by atoms with van der Waals surface area (Å²) >= 11 is 0. The first-order valence-electron chi connectivity index (χ1n) is 6.01. The fourth-order valence-corrected chi connectivity index (χ4v) is 1.64. The van der Waals surface area contributed by atoms with Gasteiger partial charge in [0.15, 0.2) is 0 Å². The van der Waals surface area contributed by atoms with Gasteiger partial charge in [-0.05, 0) is 27.2 Å². The van der Waals surface area contributed by atoms with Gasteiger partial charge in [0.2, 0.25) is 0 Å². The molecule has 5 nitrogen and oxygen atoms in total. The van der Waals surface area contributed by atoms with E-state index in [2.05, 4.69) is 27.2 Å². The molecular weight excluding hydrogens is 216 g/mol. The number of aliphatic hydroxyl groups is 1. The molecule has 0 bridgehead atoms. The van der Waals surface area contributed by atoms with Crippen molar-refractivity contribution in [1.29, 1.82) is 0 Å². The molecule has 2 unspecified atom stereocenters. The fraction of sp³-hybridized carbons (Fsp3) is 0.667. The molecule has 0 aliphatic rings. The number of aryl methyl sites for hydroxylation is 1. The molecule has 17 heavy (non-hydrogen) atoms. The van der Waals surface area contributed by atoms with Crippen LogP contribution in [-0.4, -0.2) is 46.5 Å². The smallest absolute Gasteiger partial charge is 0.103 e. The summed E-state index contributed by atoms with van der Waals surface area (Å²) in [6.45, 7) is 7.32. The second-order valence-corrected chi connectivity index (χ2v) is 4.40. The number of imidazole rings is 1. The van der Waals surface area contributed by atoms with Gasteiger partial charge in [-0.2, -0.15) is 0 Å². The van der Waals surface area contributed by atoms with Gasteiger partial charge in [-0.25, -0.2) is 4.98 Å². The van der Waals surface area contributed by atoms with Gasteiger partial charge in [-0.1, -0.05) is 0 Å². The SMILES string of the molecule is Cc1ncc(C=NCCNC(C)CC(C)O)[nH]1. The zero-order chi connectivity index (χ0) is 12.7. The van der Waals surface area contributed by atoms with E-state index in [9.17, 15) is 5.11 Å². The standard InChI is InChI=1S/C12H22N4O/c1-9(6-10(2)17)14-5-4-13-7-12-8-15-11(3)16-12/h7-10,14,17H,4-6H2,1-3H3,(H,15,16). The maximum absolute atomic E-state index is 9.20. The lowest BCUT2D eigenvalue weighted by atomic mass is 10.1. The Kier molecular flexibility index (Phi) is 5.86. The van der Waals surface area contributed by atoms with E-state index in [1.165, 1.54) is 0 Å². The van der Waals surface area contributed by atoms with Crippen molar-refractivity contribution in [3.05, 3.63) is 17.7 Å². The minimum absolute atomic E-state index is 0.256. The van der Waals surface area contributed by atoms with E-state index in [1.54, 1.807) is 19.3 Å². The molecule has 1 heterocycles. The van der Waals surface area contributed by atoms with Crippen molar-refractivity contribution in [2.45, 2.75) is 39.3 Å². The van der Waals surface area contributed by atoms with Crippen LogP contribution in [0.25, 0.3) is 0 Å². The molecule has 5 heteroatoms. The lowest BCUT2D eigenvalue weighted by Gasteiger charge is -2.14. The van der Waals surface area contributed by atoms with Crippen molar-refractivity contribution in [3.63, 3.8) is 0 Å². The average Bonchev–Trinajstić information content (AvgIpc) is 2.62. The Morgan fingerprint density at radius 1 is 1.59 bits per heavy atom. The molecule has 1 aromatic rings. The number of nitrogens with one attached hydrogen (secondary N) is 2. The summed E-state index contributed by atoms with van der Waals surface area (Å²) in [6.07, 6.45) is 4.07. The summed E-state index contributed by atoms with van der Waals surface area (Å²) in [4.78, 5) is 11.5. The third-order valence-electron chi connectivity index (χ3n) is 2.38. The zero-order valence-electron chi connectivity index (χ0n) is 10.8. The molecule has 0 aliphatic heterocycles. The molecule has 0 spiro atoms. The molecule has 0 aromatic carbocycles. The van der Waals surface area contributed by atoms with Crippen LogP contribution in [0.5, 0.6) is 0 Å². The Morgan fingerprint density at radius 3 is 2.94 bits per heavy atom. The number of aromatic amines is 1.